The molecule has 100 valence electrons. The number of aryl methyl sites for hydroxylation is 1. The van der Waals surface area contributed by atoms with Crippen molar-refractivity contribution in [1.82, 2.24) is 0 Å². The lowest BCUT2D eigenvalue weighted by atomic mass is 9.73. The summed E-state index contributed by atoms with van der Waals surface area (Å²) in [6.45, 7) is 6.85. The number of hydrogen-bond acceptors (Lipinski definition) is 2. The maximum Gasteiger partial charge on any atom is 0.0373 e. The molecule has 0 spiro atoms. The average molecular weight is 246 g/mol. The molecule has 1 saturated carbocycles. The van der Waals surface area contributed by atoms with Crippen LogP contribution in [-0.2, 0) is 0 Å². The van der Waals surface area contributed by atoms with Crippen LogP contribution in [0.2, 0.25) is 0 Å². The first-order valence-electron chi connectivity index (χ1n) is 7.02. The van der Waals surface area contributed by atoms with Crippen molar-refractivity contribution in [2.75, 3.05) is 24.3 Å². The van der Waals surface area contributed by atoms with Crippen LogP contribution in [-0.4, -0.2) is 20.1 Å². The molecule has 0 atom stereocenters. The maximum atomic E-state index is 3.68. The van der Waals surface area contributed by atoms with E-state index in [4.69, 9.17) is 0 Å². The van der Waals surface area contributed by atoms with E-state index in [2.05, 4.69) is 63.3 Å². The van der Waals surface area contributed by atoms with Crippen molar-refractivity contribution in [1.29, 1.82) is 0 Å². The van der Waals surface area contributed by atoms with Gasteiger partial charge in [0.2, 0.25) is 0 Å². The highest BCUT2D eigenvalue weighted by molar-refractivity contribution is 5.60. The van der Waals surface area contributed by atoms with Crippen LogP contribution in [0.5, 0.6) is 0 Å². The third-order valence-electron chi connectivity index (χ3n) is 4.20. The lowest BCUT2D eigenvalue weighted by Gasteiger charge is -2.39. The zero-order chi connectivity index (χ0) is 13.3. The Morgan fingerprint density at radius 1 is 1.22 bits per heavy atom. The van der Waals surface area contributed by atoms with E-state index in [1.807, 2.05) is 0 Å². The first-order valence-corrected chi connectivity index (χ1v) is 7.02. The molecule has 0 aromatic heterocycles. The molecule has 0 radical (unpaired) electrons. The lowest BCUT2D eigenvalue weighted by molar-refractivity contribution is 0.212. The fraction of sp³-hybridized carbons (Fsp3) is 0.625. The SMILES string of the molecule is Cc1cc(N(C)C)ccc1NC1CC(C(C)C)C1. The molecule has 1 aliphatic carbocycles. The zero-order valence-electron chi connectivity index (χ0n) is 12.3. The maximum absolute atomic E-state index is 3.68. The number of benzene rings is 1. The van der Waals surface area contributed by atoms with Gasteiger partial charge in [0.05, 0.1) is 0 Å². The summed E-state index contributed by atoms with van der Waals surface area (Å²) in [6.07, 6.45) is 2.65. The van der Waals surface area contributed by atoms with Gasteiger partial charge in [0.1, 0.15) is 0 Å². The van der Waals surface area contributed by atoms with Crippen LogP contribution < -0.4 is 10.2 Å². The Morgan fingerprint density at radius 2 is 1.89 bits per heavy atom. The molecule has 0 heterocycles. The van der Waals surface area contributed by atoms with E-state index in [1.54, 1.807) is 0 Å². The Morgan fingerprint density at radius 3 is 2.39 bits per heavy atom. The Balaban J connectivity index is 1.95. The van der Waals surface area contributed by atoms with E-state index in [-0.39, 0.29) is 0 Å². The summed E-state index contributed by atoms with van der Waals surface area (Å²) >= 11 is 0. The summed E-state index contributed by atoms with van der Waals surface area (Å²) in [5.74, 6) is 1.75. The van der Waals surface area contributed by atoms with E-state index in [0.717, 1.165) is 11.8 Å². The van der Waals surface area contributed by atoms with Crippen LogP contribution in [0.15, 0.2) is 18.2 Å². The van der Waals surface area contributed by atoms with Gasteiger partial charge in [-0.15, -0.1) is 0 Å². The van der Waals surface area contributed by atoms with Crippen LogP contribution in [0, 0.1) is 18.8 Å². The summed E-state index contributed by atoms with van der Waals surface area (Å²) in [7, 11) is 4.17. The van der Waals surface area contributed by atoms with Gasteiger partial charge >= 0.3 is 0 Å². The third-order valence-corrected chi connectivity index (χ3v) is 4.20. The van der Waals surface area contributed by atoms with E-state index < -0.39 is 0 Å². The van der Waals surface area contributed by atoms with Crippen molar-refractivity contribution < 1.29 is 0 Å². The number of hydrogen-bond donors (Lipinski definition) is 1. The number of rotatable bonds is 4. The first kappa shape index (κ1) is 13.3. The second-order valence-corrected chi connectivity index (χ2v) is 6.21. The fourth-order valence-corrected chi connectivity index (χ4v) is 2.63. The Bertz CT molecular complexity index is 404. The molecule has 0 saturated heterocycles. The molecule has 1 aromatic carbocycles. The van der Waals surface area contributed by atoms with Crippen molar-refractivity contribution in [2.24, 2.45) is 11.8 Å². The molecule has 18 heavy (non-hydrogen) atoms. The summed E-state index contributed by atoms with van der Waals surface area (Å²) in [5, 5.41) is 3.68. The largest absolute Gasteiger partial charge is 0.382 e. The van der Waals surface area contributed by atoms with Gasteiger partial charge in [-0.2, -0.15) is 0 Å². The van der Waals surface area contributed by atoms with Gasteiger partial charge in [-0.25, -0.2) is 0 Å². The molecule has 1 fully saturated rings. The van der Waals surface area contributed by atoms with Crippen molar-refractivity contribution in [3.8, 4) is 0 Å². The first-order chi connectivity index (χ1) is 8.47. The zero-order valence-corrected chi connectivity index (χ0v) is 12.3. The lowest BCUT2D eigenvalue weighted by Crippen LogP contribution is -2.38. The molecule has 0 amide bonds. The molecule has 1 aliphatic rings. The second-order valence-electron chi connectivity index (χ2n) is 6.21. The molecule has 0 aliphatic heterocycles. The molecule has 2 rings (SSSR count). The topological polar surface area (TPSA) is 15.3 Å². The van der Waals surface area contributed by atoms with E-state index >= 15 is 0 Å². The molecular weight excluding hydrogens is 220 g/mol. The van der Waals surface area contributed by atoms with Crippen LogP contribution in [0.1, 0.15) is 32.3 Å². The molecular formula is C16H26N2. The van der Waals surface area contributed by atoms with Gasteiger partial charge in [-0.1, -0.05) is 13.8 Å². The van der Waals surface area contributed by atoms with E-state index in [0.29, 0.717) is 6.04 Å². The Kier molecular flexibility index (Phi) is 3.84. The highest BCUT2D eigenvalue weighted by Gasteiger charge is 2.31. The fourth-order valence-electron chi connectivity index (χ4n) is 2.63. The molecule has 1 N–H and O–H groups in total. The molecule has 0 bridgehead atoms. The second kappa shape index (κ2) is 5.21. The van der Waals surface area contributed by atoms with Crippen molar-refractivity contribution in [3.05, 3.63) is 23.8 Å². The van der Waals surface area contributed by atoms with Crippen LogP contribution in [0.4, 0.5) is 11.4 Å². The number of anilines is 2. The van der Waals surface area contributed by atoms with Gasteiger partial charge in [-0.3, -0.25) is 0 Å². The minimum Gasteiger partial charge on any atom is -0.382 e. The monoisotopic (exact) mass is 246 g/mol. The van der Waals surface area contributed by atoms with Crippen molar-refractivity contribution in [3.63, 3.8) is 0 Å². The summed E-state index contributed by atoms with van der Waals surface area (Å²) in [5.41, 5.74) is 3.91. The third kappa shape index (κ3) is 2.80. The number of nitrogens with zero attached hydrogens (tertiary/aromatic N) is 1. The smallest absolute Gasteiger partial charge is 0.0373 e. The Labute approximate surface area is 111 Å². The summed E-state index contributed by atoms with van der Waals surface area (Å²) in [6, 6.07) is 7.34. The van der Waals surface area contributed by atoms with Crippen LogP contribution in [0.3, 0.4) is 0 Å². The minimum atomic E-state index is 0.682. The normalized spacial score (nSPS) is 22.8. The van der Waals surface area contributed by atoms with Gasteiger partial charge in [-0.05, 0) is 55.4 Å². The summed E-state index contributed by atoms with van der Waals surface area (Å²) in [4.78, 5) is 2.15. The average Bonchev–Trinajstić information content (AvgIpc) is 2.23. The Hall–Kier alpha value is -1.18. The van der Waals surface area contributed by atoms with Crippen LogP contribution >= 0.6 is 0 Å². The van der Waals surface area contributed by atoms with Gasteiger partial charge < -0.3 is 10.2 Å². The quantitative estimate of drug-likeness (QED) is 0.866. The molecule has 1 aromatic rings. The number of nitrogens with one attached hydrogen (secondary N) is 1. The van der Waals surface area contributed by atoms with E-state index in [1.165, 1.54) is 29.8 Å². The summed E-state index contributed by atoms with van der Waals surface area (Å²) < 4.78 is 0. The van der Waals surface area contributed by atoms with Gasteiger partial charge in [0, 0.05) is 31.5 Å². The standard InChI is InChI=1S/C16H26N2/c1-11(2)13-9-14(10-13)17-16-7-6-15(18(4)5)8-12(16)3/h6-8,11,13-14,17H,9-10H2,1-5H3. The van der Waals surface area contributed by atoms with E-state index in [9.17, 15) is 0 Å². The van der Waals surface area contributed by atoms with Crippen molar-refractivity contribution >= 4 is 11.4 Å². The van der Waals surface area contributed by atoms with Gasteiger partial charge in [0.15, 0.2) is 0 Å². The van der Waals surface area contributed by atoms with Gasteiger partial charge in [0.25, 0.3) is 0 Å². The highest BCUT2D eigenvalue weighted by atomic mass is 15.1. The predicted molar refractivity (Wildman–Crippen MR) is 80.5 cm³/mol. The van der Waals surface area contributed by atoms with Crippen molar-refractivity contribution in [2.45, 2.75) is 39.7 Å². The minimum absolute atomic E-state index is 0.682. The predicted octanol–water partition coefficient (Wildman–Crippen LogP) is 3.91. The molecule has 2 nitrogen and oxygen atoms in total. The van der Waals surface area contributed by atoms with Crippen LogP contribution in [0.25, 0.3) is 0 Å². The molecule has 2 heteroatoms. The molecule has 0 unspecified atom stereocenters. The highest BCUT2D eigenvalue weighted by Crippen LogP contribution is 2.36.